The van der Waals surface area contributed by atoms with E-state index in [1.54, 1.807) is 7.11 Å². The quantitative estimate of drug-likeness (QED) is 0.830. The maximum atomic E-state index is 5.36. The molecule has 0 bridgehead atoms. The Hall–Kier alpha value is -1.14. The van der Waals surface area contributed by atoms with Gasteiger partial charge in [0.2, 0.25) is 5.89 Å². The standard InChI is InChI=1S/C12H22N4O2/c1-17-10-11-14-15-12(18-11)13-6-9-16-7-4-2-3-5-8-16/h2-10H2,1H3,(H,13,15). The number of nitrogens with zero attached hydrogens (tertiary/aromatic N) is 3. The fraction of sp³-hybridized carbons (Fsp3) is 0.833. The largest absolute Gasteiger partial charge is 0.406 e. The van der Waals surface area contributed by atoms with Crippen molar-refractivity contribution in [3.8, 4) is 0 Å². The average Bonchev–Trinajstić information content (AvgIpc) is 2.65. The lowest BCUT2D eigenvalue weighted by Crippen LogP contribution is -2.30. The van der Waals surface area contributed by atoms with Gasteiger partial charge in [-0.1, -0.05) is 17.9 Å². The number of nitrogens with one attached hydrogen (secondary N) is 1. The molecule has 1 aromatic heterocycles. The molecule has 0 amide bonds. The van der Waals surface area contributed by atoms with E-state index in [9.17, 15) is 0 Å². The molecule has 1 aromatic rings. The normalized spacial score (nSPS) is 17.6. The summed E-state index contributed by atoms with van der Waals surface area (Å²) in [6.45, 7) is 4.65. The first-order chi connectivity index (χ1) is 8.88. The van der Waals surface area contributed by atoms with E-state index in [4.69, 9.17) is 9.15 Å². The lowest BCUT2D eigenvalue weighted by molar-refractivity contribution is 0.160. The number of methoxy groups -OCH3 is 1. The van der Waals surface area contributed by atoms with Crippen molar-refractivity contribution in [1.29, 1.82) is 0 Å². The maximum absolute atomic E-state index is 5.36. The van der Waals surface area contributed by atoms with Gasteiger partial charge in [-0.25, -0.2) is 0 Å². The Morgan fingerprint density at radius 1 is 1.22 bits per heavy atom. The van der Waals surface area contributed by atoms with E-state index >= 15 is 0 Å². The van der Waals surface area contributed by atoms with Gasteiger partial charge in [-0.05, 0) is 25.9 Å². The van der Waals surface area contributed by atoms with Crippen molar-refractivity contribution in [1.82, 2.24) is 15.1 Å². The molecular formula is C12H22N4O2. The number of hydrogen-bond acceptors (Lipinski definition) is 6. The molecule has 102 valence electrons. The van der Waals surface area contributed by atoms with Crippen LogP contribution in [0.25, 0.3) is 0 Å². The summed E-state index contributed by atoms with van der Waals surface area (Å²) in [5, 5.41) is 10.9. The van der Waals surface area contributed by atoms with Crippen LogP contribution in [0, 0.1) is 0 Å². The molecule has 0 unspecified atom stereocenters. The summed E-state index contributed by atoms with van der Waals surface area (Å²) in [6, 6.07) is 0.483. The lowest BCUT2D eigenvalue weighted by Gasteiger charge is -2.19. The second-order valence-electron chi connectivity index (χ2n) is 4.62. The van der Waals surface area contributed by atoms with Gasteiger partial charge >= 0.3 is 6.01 Å². The molecule has 0 radical (unpaired) electrons. The van der Waals surface area contributed by atoms with Crippen LogP contribution < -0.4 is 5.32 Å². The van der Waals surface area contributed by atoms with E-state index in [0.29, 0.717) is 18.5 Å². The fourth-order valence-electron chi connectivity index (χ4n) is 2.19. The number of likely N-dealkylation sites (tertiary alicyclic amines) is 1. The third-order valence-electron chi connectivity index (χ3n) is 3.14. The van der Waals surface area contributed by atoms with Crippen LogP contribution in [0.15, 0.2) is 4.42 Å². The summed E-state index contributed by atoms with van der Waals surface area (Å²) in [7, 11) is 1.61. The van der Waals surface area contributed by atoms with E-state index in [2.05, 4.69) is 20.4 Å². The summed E-state index contributed by atoms with van der Waals surface area (Å²) in [5.41, 5.74) is 0. The van der Waals surface area contributed by atoms with Gasteiger partial charge in [-0.15, -0.1) is 5.10 Å². The SMILES string of the molecule is COCc1nnc(NCCN2CCCCCC2)o1. The summed E-state index contributed by atoms with van der Waals surface area (Å²) >= 11 is 0. The average molecular weight is 254 g/mol. The van der Waals surface area contributed by atoms with E-state index in [1.165, 1.54) is 38.8 Å². The molecule has 1 N–H and O–H groups in total. The van der Waals surface area contributed by atoms with Gasteiger partial charge in [0, 0.05) is 20.2 Å². The molecule has 0 aliphatic carbocycles. The highest BCUT2D eigenvalue weighted by atomic mass is 16.5. The van der Waals surface area contributed by atoms with E-state index in [0.717, 1.165) is 13.1 Å². The van der Waals surface area contributed by atoms with Crippen molar-refractivity contribution < 1.29 is 9.15 Å². The molecule has 1 fully saturated rings. The Balaban J connectivity index is 1.67. The van der Waals surface area contributed by atoms with Crippen LogP contribution >= 0.6 is 0 Å². The molecule has 18 heavy (non-hydrogen) atoms. The second-order valence-corrected chi connectivity index (χ2v) is 4.62. The molecule has 1 aliphatic heterocycles. The fourth-order valence-corrected chi connectivity index (χ4v) is 2.19. The van der Waals surface area contributed by atoms with Gasteiger partial charge in [-0.3, -0.25) is 0 Å². The van der Waals surface area contributed by atoms with Gasteiger partial charge in [-0.2, -0.15) is 0 Å². The molecule has 2 rings (SSSR count). The van der Waals surface area contributed by atoms with Gasteiger partial charge < -0.3 is 19.4 Å². The monoisotopic (exact) mass is 254 g/mol. The zero-order chi connectivity index (χ0) is 12.6. The van der Waals surface area contributed by atoms with E-state index < -0.39 is 0 Å². The Morgan fingerprint density at radius 3 is 2.72 bits per heavy atom. The molecule has 6 heteroatoms. The van der Waals surface area contributed by atoms with Gasteiger partial charge in [0.25, 0.3) is 0 Å². The van der Waals surface area contributed by atoms with Crippen LogP contribution in [-0.2, 0) is 11.3 Å². The molecule has 0 atom stereocenters. The van der Waals surface area contributed by atoms with Crippen LogP contribution in [0.4, 0.5) is 6.01 Å². The number of rotatable bonds is 6. The minimum absolute atomic E-state index is 0.362. The van der Waals surface area contributed by atoms with E-state index in [1.807, 2.05) is 0 Å². The van der Waals surface area contributed by atoms with E-state index in [-0.39, 0.29) is 0 Å². The zero-order valence-corrected chi connectivity index (χ0v) is 11.0. The number of aromatic nitrogens is 2. The Labute approximate surface area is 108 Å². The van der Waals surface area contributed by atoms with Crippen molar-refractivity contribution in [2.45, 2.75) is 32.3 Å². The molecule has 0 spiro atoms. The molecule has 1 aliphatic rings. The van der Waals surface area contributed by atoms with Crippen LogP contribution in [-0.4, -0.2) is 48.4 Å². The molecule has 0 aromatic carbocycles. The van der Waals surface area contributed by atoms with Gasteiger partial charge in [0.1, 0.15) is 6.61 Å². The number of anilines is 1. The van der Waals surface area contributed by atoms with Crippen molar-refractivity contribution >= 4 is 6.01 Å². The highest BCUT2D eigenvalue weighted by molar-refractivity contribution is 5.16. The van der Waals surface area contributed by atoms with Crippen molar-refractivity contribution in [2.75, 3.05) is 38.6 Å². The van der Waals surface area contributed by atoms with Crippen LogP contribution in [0.3, 0.4) is 0 Å². The summed E-state index contributed by atoms with van der Waals surface area (Å²) in [5.74, 6) is 0.509. The summed E-state index contributed by atoms with van der Waals surface area (Å²) in [6.07, 6.45) is 5.37. The Kier molecular flexibility index (Phi) is 5.41. The first kappa shape index (κ1) is 13.3. The smallest absolute Gasteiger partial charge is 0.315 e. The van der Waals surface area contributed by atoms with Crippen LogP contribution in [0.1, 0.15) is 31.6 Å². The van der Waals surface area contributed by atoms with Crippen LogP contribution in [0.2, 0.25) is 0 Å². The minimum atomic E-state index is 0.362. The molecular weight excluding hydrogens is 232 g/mol. The molecule has 6 nitrogen and oxygen atoms in total. The summed E-state index contributed by atoms with van der Waals surface area (Å²) in [4.78, 5) is 2.49. The first-order valence-corrected chi connectivity index (χ1v) is 6.66. The predicted octanol–water partition coefficient (Wildman–Crippen LogP) is 1.50. The Morgan fingerprint density at radius 2 is 2.00 bits per heavy atom. The topological polar surface area (TPSA) is 63.4 Å². The number of hydrogen-bond donors (Lipinski definition) is 1. The van der Waals surface area contributed by atoms with Gasteiger partial charge in [0.05, 0.1) is 0 Å². The van der Waals surface area contributed by atoms with Gasteiger partial charge in [0.15, 0.2) is 0 Å². The maximum Gasteiger partial charge on any atom is 0.315 e. The van der Waals surface area contributed by atoms with Crippen LogP contribution in [0.5, 0.6) is 0 Å². The molecule has 1 saturated heterocycles. The zero-order valence-electron chi connectivity index (χ0n) is 11.0. The highest BCUT2D eigenvalue weighted by Gasteiger charge is 2.09. The molecule has 0 saturated carbocycles. The third-order valence-corrected chi connectivity index (χ3v) is 3.14. The third kappa shape index (κ3) is 4.27. The number of ether oxygens (including phenoxy) is 1. The molecule has 2 heterocycles. The Bertz CT molecular complexity index is 335. The predicted molar refractivity (Wildman–Crippen MR) is 68.4 cm³/mol. The highest BCUT2D eigenvalue weighted by Crippen LogP contribution is 2.09. The summed E-state index contributed by atoms with van der Waals surface area (Å²) < 4.78 is 10.3. The lowest BCUT2D eigenvalue weighted by atomic mass is 10.2. The van der Waals surface area contributed by atoms with Crippen molar-refractivity contribution in [3.05, 3.63) is 5.89 Å². The minimum Gasteiger partial charge on any atom is -0.406 e. The second kappa shape index (κ2) is 7.33. The van der Waals surface area contributed by atoms with Crippen molar-refractivity contribution in [3.63, 3.8) is 0 Å². The first-order valence-electron chi connectivity index (χ1n) is 6.66. The van der Waals surface area contributed by atoms with Crippen molar-refractivity contribution in [2.24, 2.45) is 0 Å².